The Balaban J connectivity index is 0. The number of aliphatic carboxylic acids is 2. The molecule has 4 N–H and O–H groups in total. The van der Waals surface area contributed by atoms with Crippen LogP contribution in [-0.4, -0.2) is 106 Å². The summed E-state index contributed by atoms with van der Waals surface area (Å²) < 4.78 is 0. The number of hydrogen-bond acceptors (Lipinski definition) is 8. The molecule has 0 unspecified atom stereocenters. The van der Waals surface area contributed by atoms with E-state index in [1.165, 1.54) is 0 Å². The number of carbonyl (C=O) groups excluding carboxylic acids is 2. The fraction of sp³-hybridized carbons (Fsp3) is 0.667. The summed E-state index contributed by atoms with van der Waals surface area (Å²) in [6.45, 7) is 0. The van der Waals surface area contributed by atoms with E-state index in [9.17, 15) is 19.8 Å². The fourth-order valence-corrected chi connectivity index (χ4v) is 0.652. The van der Waals surface area contributed by atoms with Crippen molar-refractivity contribution in [2.24, 2.45) is 0 Å². The van der Waals surface area contributed by atoms with Gasteiger partial charge >= 0.3 is 48.9 Å². The molecule has 0 saturated carbocycles. The van der Waals surface area contributed by atoms with E-state index >= 15 is 0 Å². The van der Waals surface area contributed by atoms with E-state index < -0.39 is 36.4 Å². The summed E-state index contributed by atoms with van der Waals surface area (Å²) in [4.78, 5) is 19.9. The fourth-order valence-electron chi connectivity index (χ4n) is 0.652. The third-order valence-electron chi connectivity index (χ3n) is 1.48. The van der Waals surface area contributed by atoms with E-state index in [4.69, 9.17) is 20.4 Å². The van der Waals surface area contributed by atoms with Crippen molar-refractivity contribution in [2.75, 3.05) is 0 Å². The average Bonchev–Trinajstić information content (AvgIpc) is 2.12. The molecule has 0 aromatic carbocycles. The van der Waals surface area contributed by atoms with Crippen molar-refractivity contribution >= 4 is 60.8 Å². The molecule has 0 aromatic rings. The van der Waals surface area contributed by atoms with Crippen LogP contribution in [0.3, 0.4) is 0 Å². The molecule has 0 aliphatic rings. The maximum absolute atomic E-state index is 9.96. The van der Waals surface area contributed by atoms with Gasteiger partial charge in [-0.3, -0.25) is 0 Å². The van der Waals surface area contributed by atoms with Gasteiger partial charge in [0.15, 0.2) is 0 Å². The van der Waals surface area contributed by atoms with Crippen molar-refractivity contribution in [1.29, 1.82) is 0 Å². The Morgan fingerprint density at radius 1 is 0.800 bits per heavy atom. The van der Waals surface area contributed by atoms with E-state index in [2.05, 4.69) is 0 Å². The van der Waals surface area contributed by atoms with Crippen molar-refractivity contribution in [2.45, 2.75) is 24.4 Å². The van der Waals surface area contributed by atoms with Gasteiger partial charge in [-0.25, -0.2) is 0 Å². The van der Waals surface area contributed by atoms with Gasteiger partial charge in [0.2, 0.25) is 0 Å². The molecule has 8 nitrogen and oxygen atoms in total. The third-order valence-corrected chi connectivity index (χ3v) is 1.48. The quantitative estimate of drug-likeness (QED) is 0.358. The van der Waals surface area contributed by atoms with Crippen LogP contribution < -0.4 is 10.2 Å². The molecule has 0 spiro atoms. The molecule has 0 bridgehead atoms. The smallest absolute Gasteiger partial charge is 0.547 e. The van der Waals surface area contributed by atoms with E-state index in [1.807, 2.05) is 0 Å². The van der Waals surface area contributed by atoms with Crippen LogP contribution in [0.5, 0.6) is 0 Å². The predicted octanol–water partition coefficient (Wildman–Crippen LogP) is -6.45. The Kier molecular flexibility index (Phi) is 8.98. The summed E-state index contributed by atoms with van der Waals surface area (Å²) in [6.07, 6.45) is -9.76. The van der Waals surface area contributed by atoms with Crippen LogP contribution in [0.1, 0.15) is 0 Å². The van der Waals surface area contributed by atoms with Crippen LogP contribution in [0.4, 0.5) is 0 Å². The summed E-state index contributed by atoms with van der Waals surface area (Å²) in [6, 6.07) is 0. The van der Waals surface area contributed by atoms with Crippen LogP contribution in [-0.2, 0) is 9.59 Å². The summed E-state index contributed by atoms with van der Waals surface area (Å²) >= 11 is 0. The third kappa shape index (κ3) is 5.29. The first-order valence-corrected chi connectivity index (χ1v) is 3.43. The minimum absolute atomic E-state index is 0. The van der Waals surface area contributed by atoms with Gasteiger partial charge in [0.1, 0.15) is 24.4 Å². The molecule has 0 fully saturated rings. The van der Waals surface area contributed by atoms with Crippen molar-refractivity contribution in [1.82, 2.24) is 0 Å². The zero-order chi connectivity index (χ0) is 11.5. The molecule has 0 aliphatic carbocycles. The van der Waals surface area contributed by atoms with Gasteiger partial charge in [-0.2, -0.15) is 0 Å². The van der Waals surface area contributed by atoms with Crippen molar-refractivity contribution in [3.05, 3.63) is 0 Å². The largest absolute Gasteiger partial charge is 2.00 e. The molecule has 0 rings (SSSR count). The molecule has 9 heteroatoms. The van der Waals surface area contributed by atoms with Crippen LogP contribution in [0.15, 0.2) is 0 Å². The van der Waals surface area contributed by atoms with Gasteiger partial charge in [-0.1, -0.05) is 0 Å². The maximum atomic E-state index is 9.96. The predicted molar refractivity (Wildman–Crippen MR) is 39.8 cm³/mol. The molecule has 0 radical (unpaired) electrons. The Hall–Kier alpha value is 0.351. The molecular formula is C6H8BaO8. The van der Waals surface area contributed by atoms with E-state index in [0.29, 0.717) is 0 Å². The topological polar surface area (TPSA) is 161 Å². The first-order valence-electron chi connectivity index (χ1n) is 3.43. The van der Waals surface area contributed by atoms with Crippen LogP contribution in [0, 0.1) is 0 Å². The number of carbonyl (C=O) groups is 2. The SMILES string of the molecule is O=C([O-])[C@@H](O)[C@@H](O)[C@H](O)[C@@H](O)C(=O)[O-].[Ba+2]. The maximum Gasteiger partial charge on any atom is 2.00 e. The van der Waals surface area contributed by atoms with Gasteiger partial charge in [0, 0.05) is 0 Å². The molecule has 4 atom stereocenters. The normalized spacial score (nSPS) is 18.1. The first-order chi connectivity index (χ1) is 6.29. The van der Waals surface area contributed by atoms with Gasteiger partial charge in [-0.15, -0.1) is 0 Å². The monoisotopic (exact) mass is 346 g/mol. The number of aliphatic hydroxyl groups excluding tert-OH is 4. The standard InChI is InChI=1S/C6H10O8.Ba/c7-1(3(9)5(11)12)2(8)4(10)6(13)14;/h1-4,7-10H,(H,11,12)(H,13,14);/q;+2/p-2/t1-,2-,3-,4+;/m0./s1. The van der Waals surface area contributed by atoms with Crippen LogP contribution >= 0.6 is 0 Å². The minimum Gasteiger partial charge on any atom is -0.547 e. The van der Waals surface area contributed by atoms with E-state index in [-0.39, 0.29) is 48.9 Å². The molecule has 82 valence electrons. The number of aliphatic hydroxyl groups is 4. The van der Waals surface area contributed by atoms with Gasteiger partial charge < -0.3 is 40.2 Å². The Labute approximate surface area is 124 Å². The zero-order valence-electron chi connectivity index (χ0n) is 7.44. The number of rotatable bonds is 5. The molecule has 0 saturated heterocycles. The number of carboxylic acids is 2. The molecule has 15 heavy (non-hydrogen) atoms. The van der Waals surface area contributed by atoms with Crippen LogP contribution in [0.2, 0.25) is 0 Å². The van der Waals surface area contributed by atoms with E-state index in [1.54, 1.807) is 0 Å². The summed E-state index contributed by atoms with van der Waals surface area (Å²) in [5.74, 6) is -4.22. The van der Waals surface area contributed by atoms with Crippen molar-refractivity contribution in [3.8, 4) is 0 Å². The van der Waals surface area contributed by atoms with Gasteiger partial charge in [0.05, 0.1) is 11.9 Å². The van der Waals surface area contributed by atoms with E-state index in [0.717, 1.165) is 0 Å². The molecular weight excluding hydrogens is 337 g/mol. The average molecular weight is 345 g/mol. The second-order valence-electron chi connectivity index (χ2n) is 2.51. The molecule has 0 amide bonds. The zero-order valence-corrected chi connectivity index (χ0v) is 11.9. The van der Waals surface area contributed by atoms with Gasteiger partial charge in [0.25, 0.3) is 0 Å². The Morgan fingerprint density at radius 2 is 1.00 bits per heavy atom. The number of carboxylic acid groups (broad SMARTS) is 2. The summed E-state index contributed by atoms with van der Waals surface area (Å²) in [7, 11) is 0. The van der Waals surface area contributed by atoms with Crippen LogP contribution in [0.25, 0.3) is 0 Å². The second-order valence-corrected chi connectivity index (χ2v) is 2.51. The minimum atomic E-state index is -2.50. The van der Waals surface area contributed by atoms with Crippen molar-refractivity contribution < 1.29 is 40.2 Å². The Bertz CT molecular complexity index is 207. The summed E-state index contributed by atoms with van der Waals surface area (Å²) in [5.41, 5.74) is 0. The molecule has 0 aromatic heterocycles. The van der Waals surface area contributed by atoms with Crippen molar-refractivity contribution in [3.63, 3.8) is 0 Å². The summed E-state index contributed by atoms with van der Waals surface area (Å²) in [5, 5.41) is 54.7. The number of hydrogen-bond donors (Lipinski definition) is 4. The molecule has 0 aliphatic heterocycles. The first kappa shape index (κ1) is 17.7. The second kappa shape index (κ2) is 7.60. The Morgan fingerprint density at radius 3 is 1.13 bits per heavy atom. The van der Waals surface area contributed by atoms with Gasteiger partial charge in [-0.05, 0) is 0 Å². The molecule has 0 heterocycles.